The van der Waals surface area contributed by atoms with Gasteiger partial charge in [0.2, 0.25) is 0 Å². The minimum atomic E-state index is -4.72. The minimum absolute atomic E-state index is 0.188. The summed E-state index contributed by atoms with van der Waals surface area (Å²) in [5.74, 6) is -2.59. The lowest BCUT2D eigenvalue weighted by atomic mass is 10.1. The van der Waals surface area contributed by atoms with Gasteiger partial charge in [-0.05, 0) is 35.7 Å². The van der Waals surface area contributed by atoms with Gasteiger partial charge in [-0.2, -0.15) is 18.4 Å². The lowest BCUT2D eigenvalue weighted by molar-refractivity contribution is -0.152. The van der Waals surface area contributed by atoms with Crippen molar-refractivity contribution in [3.8, 4) is 6.07 Å². The van der Waals surface area contributed by atoms with Crippen LogP contribution in [-0.4, -0.2) is 11.2 Å². The van der Waals surface area contributed by atoms with Gasteiger partial charge < -0.3 is 0 Å². The third kappa shape index (κ3) is 4.40. The van der Waals surface area contributed by atoms with Crippen LogP contribution in [0, 0.1) is 23.0 Å². The average Bonchev–Trinajstić information content (AvgIpc) is 2.50. The van der Waals surface area contributed by atoms with Crippen molar-refractivity contribution in [2.45, 2.75) is 17.1 Å². The maximum atomic E-state index is 13.2. The van der Waals surface area contributed by atoms with Crippen molar-refractivity contribution in [1.82, 2.24) is 9.71 Å². The molecule has 0 aliphatic heterocycles. The molecule has 1 atom stereocenters. The number of halogens is 5. The van der Waals surface area contributed by atoms with Crippen molar-refractivity contribution in [3.05, 3.63) is 59.4 Å². The largest absolute Gasteiger partial charge is 0.408 e. The molecule has 1 unspecified atom stereocenters. The molecule has 0 amide bonds. The summed E-state index contributed by atoms with van der Waals surface area (Å²) in [6.07, 6.45) is -2.19. The highest BCUT2D eigenvalue weighted by molar-refractivity contribution is 7.97. The first-order chi connectivity index (χ1) is 10.8. The standard InChI is InChI=1S/C14H8F5N3S/c15-11-2-1-9(4-12(11)16)13(14(17,18)19)22-23-10-3-8(5-20)6-21-7-10/h1-4,6-7,13,22H. The first-order valence-electron chi connectivity index (χ1n) is 6.10. The highest BCUT2D eigenvalue weighted by Crippen LogP contribution is 2.35. The zero-order valence-corrected chi connectivity index (χ0v) is 12.1. The van der Waals surface area contributed by atoms with Gasteiger partial charge in [-0.3, -0.25) is 4.98 Å². The zero-order valence-electron chi connectivity index (χ0n) is 11.2. The maximum absolute atomic E-state index is 13.2. The SMILES string of the molecule is N#Cc1cncc(SNC(c2ccc(F)c(F)c2)C(F)(F)F)c1. The third-order valence-corrected chi connectivity index (χ3v) is 3.55. The van der Waals surface area contributed by atoms with Crippen LogP contribution in [0.5, 0.6) is 0 Å². The van der Waals surface area contributed by atoms with Crippen molar-refractivity contribution in [3.63, 3.8) is 0 Å². The summed E-state index contributed by atoms with van der Waals surface area (Å²) in [5, 5.41) is 8.73. The Morgan fingerprint density at radius 2 is 1.87 bits per heavy atom. The van der Waals surface area contributed by atoms with E-state index in [1.807, 2.05) is 6.07 Å². The van der Waals surface area contributed by atoms with Crippen LogP contribution in [-0.2, 0) is 0 Å². The highest BCUT2D eigenvalue weighted by Gasteiger charge is 2.41. The number of hydrogen-bond acceptors (Lipinski definition) is 4. The van der Waals surface area contributed by atoms with Crippen molar-refractivity contribution in [2.24, 2.45) is 0 Å². The molecule has 0 saturated heterocycles. The number of nitrogens with one attached hydrogen (secondary N) is 1. The minimum Gasteiger partial charge on any atom is -0.262 e. The molecule has 1 heterocycles. The Kier molecular flexibility index (Phi) is 5.18. The normalized spacial score (nSPS) is 12.7. The Morgan fingerprint density at radius 1 is 1.13 bits per heavy atom. The number of nitrogens with zero attached hydrogens (tertiary/aromatic N) is 2. The molecule has 9 heteroatoms. The second kappa shape index (κ2) is 6.93. The molecule has 0 saturated carbocycles. The van der Waals surface area contributed by atoms with Crippen molar-refractivity contribution in [1.29, 1.82) is 5.26 Å². The van der Waals surface area contributed by atoms with Crippen LogP contribution in [0.1, 0.15) is 17.2 Å². The molecule has 0 aliphatic carbocycles. The van der Waals surface area contributed by atoms with Crippen molar-refractivity contribution >= 4 is 11.9 Å². The molecule has 0 spiro atoms. The number of nitriles is 1. The first kappa shape index (κ1) is 17.2. The van der Waals surface area contributed by atoms with Crippen LogP contribution in [0.4, 0.5) is 22.0 Å². The predicted molar refractivity (Wildman–Crippen MR) is 73.1 cm³/mol. The molecule has 2 rings (SSSR count). The fraction of sp³-hybridized carbons (Fsp3) is 0.143. The third-order valence-electron chi connectivity index (χ3n) is 2.74. The van der Waals surface area contributed by atoms with Gasteiger partial charge in [-0.15, -0.1) is 0 Å². The van der Waals surface area contributed by atoms with Gasteiger partial charge in [0.15, 0.2) is 11.6 Å². The number of hydrogen-bond donors (Lipinski definition) is 1. The molecule has 0 fully saturated rings. The monoisotopic (exact) mass is 345 g/mol. The number of aromatic nitrogens is 1. The van der Waals surface area contributed by atoms with E-state index in [9.17, 15) is 22.0 Å². The van der Waals surface area contributed by atoms with Crippen molar-refractivity contribution in [2.75, 3.05) is 0 Å². The Labute approximate surface area is 132 Å². The van der Waals surface area contributed by atoms with Gasteiger partial charge in [0.25, 0.3) is 0 Å². The van der Waals surface area contributed by atoms with E-state index >= 15 is 0 Å². The summed E-state index contributed by atoms with van der Waals surface area (Å²) in [4.78, 5) is 4.00. The summed E-state index contributed by atoms with van der Waals surface area (Å²) in [6.45, 7) is 0. The molecule has 1 N–H and O–H groups in total. The average molecular weight is 345 g/mol. The van der Waals surface area contributed by atoms with Crippen LogP contribution in [0.25, 0.3) is 0 Å². The Balaban J connectivity index is 2.22. The van der Waals surface area contributed by atoms with E-state index in [0.29, 0.717) is 24.1 Å². The summed E-state index contributed by atoms with van der Waals surface area (Å²) in [7, 11) is 0. The molecular weight excluding hydrogens is 337 g/mol. The first-order valence-corrected chi connectivity index (χ1v) is 6.92. The number of alkyl halides is 3. The van der Waals surface area contributed by atoms with Crippen LogP contribution in [0.2, 0.25) is 0 Å². The smallest absolute Gasteiger partial charge is 0.262 e. The van der Waals surface area contributed by atoms with Gasteiger partial charge >= 0.3 is 6.18 Å². The highest BCUT2D eigenvalue weighted by atomic mass is 32.2. The molecular formula is C14H8F5N3S. The summed E-state index contributed by atoms with van der Waals surface area (Å²) < 4.78 is 67.6. The van der Waals surface area contributed by atoms with Gasteiger partial charge in [-0.25, -0.2) is 13.5 Å². The van der Waals surface area contributed by atoms with E-state index in [1.165, 1.54) is 18.5 Å². The predicted octanol–water partition coefficient (Wildman–Crippen LogP) is 4.13. The molecule has 2 aromatic rings. The summed E-state index contributed by atoms with van der Waals surface area (Å²) in [6, 6.07) is 2.93. The lowest BCUT2D eigenvalue weighted by Crippen LogP contribution is -2.30. The van der Waals surface area contributed by atoms with Crippen LogP contribution in [0.15, 0.2) is 41.6 Å². The van der Waals surface area contributed by atoms with E-state index in [4.69, 9.17) is 5.26 Å². The number of pyridine rings is 1. The summed E-state index contributed by atoms with van der Waals surface area (Å²) in [5.41, 5.74) is -0.276. The van der Waals surface area contributed by atoms with E-state index < -0.39 is 29.4 Å². The van der Waals surface area contributed by atoms with Gasteiger partial charge in [0.1, 0.15) is 12.1 Å². The van der Waals surface area contributed by atoms with Crippen molar-refractivity contribution < 1.29 is 22.0 Å². The molecule has 0 bridgehead atoms. The zero-order chi connectivity index (χ0) is 17.0. The Bertz CT molecular complexity index is 742. The fourth-order valence-electron chi connectivity index (χ4n) is 1.68. The molecule has 1 aromatic carbocycles. The van der Waals surface area contributed by atoms with Gasteiger partial charge in [0.05, 0.1) is 5.56 Å². The second-order valence-corrected chi connectivity index (χ2v) is 5.30. The maximum Gasteiger partial charge on any atom is 0.408 e. The molecule has 3 nitrogen and oxygen atoms in total. The topological polar surface area (TPSA) is 48.7 Å². The second-order valence-electron chi connectivity index (χ2n) is 4.39. The van der Waals surface area contributed by atoms with Crippen LogP contribution in [0.3, 0.4) is 0 Å². The van der Waals surface area contributed by atoms with E-state index in [0.717, 1.165) is 6.07 Å². The lowest BCUT2D eigenvalue weighted by Gasteiger charge is -2.21. The van der Waals surface area contributed by atoms with Crippen LogP contribution < -0.4 is 4.72 Å². The quantitative estimate of drug-likeness (QED) is 0.669. The molecule has 0 radical (unpaired) electrons. The van der Waals surface area contributed by atoms with Gasteiger partial charge in [0, 0.05) is 17.3 Å². The Morgan fingerprint density at radius 3 is 2.48 bits per heavy atom. The fourth-order valence-corrected chi connectivity index (χ4v) is 2.50. The van der Waals surface area contributed by atoms with E-state index in [2.05, 4.69) is 9.71 Å². The molecule has 120 valence electrons. The summed E-state index contributed by atoms with van der Waals surface area (Å²) >= 11 is 0.590. The number of rotatable bonds is 4. The van der Waals surface area contributed by atoms with Crippen LogP contribution >= 0.6 is 11.9 Å². The molecule has 23 heavy (non-hydrogen) atoms. The number of benzene rings is 1. The molecule has 1 aromatic heterocycles. The molecule has 0 aliphatic rings. The Hall–Kier alpha value is -2.18. The van der Waals surface area contributed by atoms with E-state index in [1.54, 1.807) is 0 Å². The van der Waals surface area contributed by atoms with E-state index in [-0.39, 0.29) is 10.5 Å². The van der Waals surface area contributed by atoms with Gasteiger partial charge in [-0.1, -0.05) is 6.07 Å².